The van der Waals surface area contributed by atoms with Crippen LogP contribution in [0.4, 0.5) is 5.82 Å². The Morgan fingerprint density at radius 1 is 1.37 bits per heavy atom. The van der Waals surface area contributed by atoms with Crippen LogP contribution in [0.3, 0.4) is 0 Å². The van der Waals surface area contributed by atoms with Crippen molar-refractivity contribution in [3.05, 3.63) is 34.4 Å². The van der Waals surface area contributed by atoms with Gasteiger partial charge in [-0.1, -0.05) is 18.5 Å². The molecule has 1 atom stereocenters. The molecule has 102 valence electrons. The summed E-state index contributed by atoms with van der Waals surface area (Å²) in [5.41, 5.74) is 0.828. The van der Waals surface area contributed by atoms with Gasteiger partial charge < -0.3 is 9.73 Å². The molecule has 0 saturated heterocycles. The Hall–Kier alpha value is -1.62. The van der Waals surface area contributed by atoms with E-state index in [-0.39, 0.29) is 6.04 Å². The van der Waals surface area contributed by atoms with Crippen LogP contribution in [-0.4, -0.2) is 15.0 Å². The molecule has 0 aliphatic rings. The number of nitrogens with zero attached hydrogens (tertiary/aromatic N) is 3. The second-order valence-corrected chi connectivity index (χ2v) is 4.79. The Morgan fingerprint density at radius 3 is 2.68 bits per heavy atom. The smallest absolute Gasteiger partial charge is 0.216 e. The van der Waals surface area contributed by atoms with E-state index in [0.29, 0.717) is 16.9 Å². The van der Waals surface area contributed by atoms with Gasteiger partial charge in [0.05, 0.1) is 6.20 Å². The Kier molecular flexibility index (Phi) is 4.04. The van der Waals surface area contributed by atoms with Gasteiger partial charge >= 0.3 is 0 Å². The van der Waals surface area contributed by atoms with E-state index in [9.17, 15) is 0 Å². The number of halogens is 1. The molecule has 0 radical (unpaired) electrons. The molecule has 2 heterocycles. The fourth-order valence-corrected chi connectivity index (χ4v) is 1.86. The van der Waals surface area contributed by atoms with Crippen molar-refractivity contribution in [3.8, 4) is 0 Å². The molecule has 2 rings (SSSR count). The second kappa shape index (κ2) is 5.57. The number of rotatable bonds is 4. The molecular weight excluding hydrogens is 264 g/mol. The highest BCUT2D eigenvalue weighted by Crippen LogP contribution is 2.24. The van der Waals surface area contributed by atoms with E-state index in [1.165, 1.54) is 0 Å². The molecule has 6 heteroatoms. The molecule has 5 nitrogen and oxygen atoms in total. The third kappa shape index (κ3) is 3.04. The predicted molar refractivity (Wildman–Crippen MR) is 74.4 cm³/mol. The minimum absolute atomic E-state index is 0.0805. The molecular formula is C13H17ClN4O. The maximum absolute atomic E-state index is 6.10. The first kappa shape index (κ1) is 13.8. The van der Waals surface area contributed by atoms with E-state index in [1.807, 2.05) is 27.7 Å². The lowest BCUT2D eigenvalue weighted by molar-refractivity contribution is 0.453. The molecule has 0 aromatic carbocycles. The SMILES string of the molecule is CCc1nc(Cl)c(C)c(NC(C)c2ncc(C)o2)n1. The lowest BCUT2D eigenvalue weighted by Gasteiger charge is -2.14. The normalized spacial score (nSPS) is 12.5. The summed E-state index contributed by atoms with van der Waals surface area (Å²) in [5, 5.41) is 3.74. The lowest BCUT2D eigenvalue weighted by atomic mass is 10.3. The van der Waals surface area contributed by atoms with Gasteiger partial charge in [0.2, 0.25) is 5.89 Å². The fourth-order valence-electron chi connectivity index (χ4n) is 1.67. The van der Waals surface area contributed by atoms with Crippen LogP contribution >= 0.6 is 11.6 Å². The number of nitrogens with one attached hydrogen (secondary N) is 1. The van der Waals surface area contributed by atoms with Crippen molar-refractivity contribution >= 4 is 17.4 Å². The molecule has 19 heavy (non-hydrogen) atoms. The lowest BCUT2D eigenvalue weighted by Crippen LogP contribution is -2.11. The summed E-state index contributed by atoms with van der Waals surface area (Å²) in [5.74, 6) is 2.86. The van der Waals surface area contributed by atoms with Crippen LogP contribution in [0.1, 0.15) is 42.9 Å². The van der Waals surface area contributed by atoms with Crippen LogP contribution in [0.5, 0.6) is 0 Å². The van der Waals surface area contributed by atoms with Crippen molar-refractivity contribution in [2.24, 2.45) is 0 Å². The van der Waals surface area contributed by atoms with E-state index in [4.69, 9.17) is 16.0 Å². The van der Waals surface area contributed by atoms with Crippen LogP contribution in [0.15, 0.2) is 10.6 Å². The molecule has 0 aliphatic heterocycles. The highest BCUT2D eigenvalue weighted by molar-refractivity contribution is 6.30. The summed E-state index contributed by atoms with van der Waals surface area (Å²) in [4.78, 5) is 12.9. The Bertz CT molecular complexity index is 582. The average Bonchev–Trinajstić information content (AvgIpc) is 2.81. The van der Waals surface area contributed by atoms with Gasteiger partial charge in [-0.3, -0.25) is 0 Å². The Labute approximate surface area is 117 Å². The maximum Gasteiger partial charge on any atom is 0.216 e. The Balaban J connectivity index is 2.25. The average molecular weight is 281 g/mol. The zero-order valence-corrected chi connectivity index (χ0v) is 12.2. The van der Waals surface area contributed by atoms with Crippen molar-refractivity contribution in [3.63, 3.8) is 0 Å². The molecule has 2 aromatic heterocycles. The maximum atomic E-state index is 6.10. The van der Waals surface area contributed by atoms with Gasteiger partial charge in [-0.15, -0.1) is 0 Å². The van der Waals surface area contributed by atoms with Gasteiger partial charge in [0.25, 0.3) is 0 Å². The quantitative estimate of drug-likeness (QED) is 0.869. The van der Waals surface area contributed by atoms with E-state index < -0.39 is 0 Å². The second-order valence-electron chi connectivity index (χ2n) is 4.43. The molecule has 1 unspecified atom stereocenters. The summed E-state index contributed by atoms with van der Waals surface area (Å²) < 4.78 is 5.49. The van der Waals surface area contributed by atoms with Crippen molar-refractivity contribution < 1.29 is 4.42 Å². The molecule has 0 amide bonds. The number of oxazole rings is 1. The van der Waals surface area contributed by atoms with E-state index in [1.54, 1.807) is 6.20 Å². The van der Waals surface area contributed by atoms with Gasteiger partial charge in [-0.2, -0.15) is 0 Å². The van der Waals surface area contributed by atoms with Gasteiger partial charge in [0, 0.05) is 12.0 Å². The molecule has 2 aromatic rings. The zero-order chi connectivity index (χ0) is 14.0. The summed E-state index contributed by atoms with van der Waals surface area (Å²) in [6, 6.07) is -0.0805. The molecule has 0 spiro atoms. The molecule has 0 saturated carbocycles. The standard InChI is InChI=1S/C13H17ClN4O/c1-5-10-17-11(14)8(3)12(18-10)16-9(4)13-15-6-7(2)19-13/h6,9H,5H2,1-4H3,(H,16,17,18). The molecule has 0 fully saturated rings. The van der Waals surface area contributed by atoms with Gasteiger partial charge in [-0.05, 0) is 20.8 Å². The number of aryl methyl sites for hydroxylation is 2. The topological polar surface area (TPSA) is 63.8 Å². The highest BCUT2D eigenvalue weighted by atomic mass is 35.5. The van der Waals surface area contributed by atoms with Crippen molar-refractivity contribution in [2.45, 2.75) is 40.2 Å². The number of hydrogen-bond donors (Lipinski definition) is 1. The van der Waals surface area contributed by atoms with E-state index in [2.05, 4.69) is 20.3 Å². The first-order valence-electron chi connectivity index (χ1n) is 6.23. The minimum atomic E-state index is -0.0805. The van der Waals surface area contributed by atoms with Crippen LogP contribution < -0.4 is 5.32 Å². The molecule has 0 bridgehead atoms. The number of anilines is 1. The minimum Gasteiger partial charge on any atom is -0.444 e. The van der Waals surface area contributed by atoms with Crippen molar-refractivity contribution in [1.82, 2.24) is 15.0 Å². The van der Waals surface area contributed by atoms with Gasteiger partial charge in [-0.25, -0.2) is 15.0 Å². The van der Waals surface area contributed by atoms with Crippen LogP contribution in [-0.2, 0) is 6.42 Å². The number of aromatic nitrogens is 3. The summed E-state index contributed by atoms with van der Waals surface area (Å²) in [6.07, 6.45) is 2.44. The summed E-state index contributed by atoms with van der Waals surface area (Å²) in [6.45, 7) is 7.71. The zero-order valence-electron chi connectivity index (χ0n) is 11.5. The highest BCUT2D eigenvalue weighted by Gasteiger charge is 2.15. The third-order valence-corrected chi connectivity index (χ3v) is 3.18. The number of hydrogen-bond acceptors (Lipinski definition) is 5. The molecule has 0 aliphatic carbocycles. The first-order chi connectivity index (χ1) is 9.01. The van der Waals surface area contributed by atoms with E-state index >= 15 is 0 Å². The predicted octanol–water partition coefficient (Wildman–Crippen LogP) is 3.47. The van der Waals surface area contributed by atoms with Crippen molar-refractivity contribution in [2.75, 3.05) is 5.32 Å². The van der Waals surface area contributed by atoms with Crippen LogP contribution in [0, 0.1) is 13.8 Å². The van der Waals surface area contributed by atoms with Crippen LogP contribution in [0.2, 0.25) is 5.15 Å². The fraction of sp³-hybridized carbons (Fsp3) is 0.462. The Morgan fingerprint density at radius 2 is 2.11 bits per heavy atom. The summed E-state index contributed by atoms with van der Waals surface area (Å²) in [7, 11) is 0. The molecule has 1 N–H and O–H groups in total. The van der Waals surface area contributed by atoms with Crippen LogP contribution in [0.25, 0.3) is 0 Å². The first-order valence-corrected chi connectivity index (χ1v) is 6.61. The largest absolute Gasteiger partial charge is 0.444 e. The van der Waals surface area contributed by atoms with Crippen molar-refractivity contribution in [1.29, 1.82) is 0 Å². The summed E-state index contributed by atoms with van der Waals surface area (Å²) >= 11 is 6.10. The third-order valence-electron chi connectivity index (χ3n) is 2.81. The van der Waals surface area contributed by atoms with Gasteiger partial charge in [0.1, 0.15) is 28.6 Å². The monoisotopic (exact) mass is 280 g/mol. The van der Waals surface area contributed by atoms with Gasteiger partial charge in [0.15, 0.2) is 0 Å². The van der Waals surface area contributed by atoms with E-state index in [0.717, 1.165) is 23.6 Å².